The highest BCUT2D eigenvalue weighted by Crippen LogP contribution is 2.35. The van der Waals surface area contributed by atoms with E-state index in [0.717, 1.165) is 30.6 Å². The number of fused-ring (bicyclic) bond motifs is 1. The normalized spacial score (nSPS) is 17.1. The molecule has 0 radical (unpaired) electrons. The minimum Gasteiger partial charge on any atom is -0.491 e. The molecule has 0 bridgehead atoms. The molecule has 2 heterocycles. The number of halogens is 1. The number of ether oxygens (including phenoxy) is 1. The number of thiophene rings is 1. The molecule has 5 nitrogen and oxygen atoms in total. The summed E-state index contributed by atoms with van der Waals surface area (Å²) in [6.45, 7) is 5.15. The van der Waals surface area contributed by atoms with Gasteiger partial charge in [-0.3, -0.25) is 9.59 Å². The Hall–Kier alpha value is -3.19. The fourth-order valence-corrected chi connectivity index (χ4v) is 5.71. The van der Waals surface area contributed by atoms with Crippen molar-refractivity contribution in [3.8, 4) is 5.75 Å². The van der Waals surface area contributed by atoms with Gasteiger partial charge in [-0.25, -0.2) is 4.39 Å². The van der Waals surface area contributed by atoms with Crippen molar-refractivity contribution in [2.45, 2.75) is 51.1 Å². The van der Waals surface area contributed by atoms with Crippen LogP contribution in [0.1, 0.15) is 65.0 Å². The maximum atomic E-state index is 14.3. The molecule has 0 unspecified atom stereocenters. The molecule has 0 N–H and O–H groups in total. The summed E-state index contributed by atoms with van der Waals surface area (Å²) < 4.78 is 20.5. The van der Waals surface area contributed by atoms with Gasteiger partial charge < -0.3 is 14.5 Å². The summed E-state index contributed by atoms with van der Waals surface area (Å²) in [5.41, 5.74) is 2.37. The van der Waals surface area contributed by atoms with E-state index in [0.29, 0.717) is 19.1 Å². The zero-order valence-corrected chi connectivity index (χ0v) is 21.5. The minimum atomic E-state index is -0.559. The number of benzene rings is 2. The average molecular weight is 507 g/mol. The molecule has 2 aromatic carbocycles. The maximum Gasteiger partial charge on any atom is 0.257 e. The number of carbonyl (C=O) groups excluding carboxylic acids is 2. The van der Waals surface area contributed by atoms with Crippen LogP contribution < -0.4 is 4.74 Å². The molecule has 1 aromatic heterocycles. The first kappa shape index (κ1) is 24.5. The molecule has 3 aromatic rings. The summed E-state index contributed by atoms with van der Waals surface area (Å²) in [5.74, 6) is 0.0995. The summed E-state index contributed by atoms with van der Waals surface area (Å²) in [6.07, 6.45) is 2.45. The third kappa shape index (κ3) is 5.16. The van der Waals surface area contributed by atoms with Gasteiger partial charge in [0.1, 0.15) is 24.7 Å². The van der Waals surface area contributed by atoms with Crippen molar-refractivity contribution in [2.75, 3.05) is 19.7 Å². The Kier molecular flexibility index (Phi) is 7.10. The zero-order chi connectivity index (χ0) is 25.2. The van der Waals surface area contributed by atoms with Crippen LogP contribution in [0.2, 0.25) is 0 Å². The molecule has 0 spiro atoms. The molecule has 2 aliphatic rings. The van der Waals surface area contributed by atoms with E-state index in [2.05, 4.69) is 37.4 Å². The summed E-state index contributed by atoms with van der Waals surface area (Å²) in [6, 6.07) is 15.9. The lowest BCUT2D eigenvalue weighted by Crippen LogP contribution is -2.48. The molecule has 1 aliphatic carbocycles. The predicted octanol–water partition coefficient (Wildman–Crippen LogP) is 5.82. The maximum absolute atomic E-state index is 14.3. The van der Waals surface area contributed by atoms with E-state index < -0.39 is 11.7 Å². The molecule has 5 rings (SSSR count). The van der Waals surface area contributed by atoms with Gasteiger partial charge in [0.2, 0.25) is 5.91 Å². The monoisotopic (exact) mass is 506 g/mol. The second-order valence-electron chi connectivity index (χ2n) is 9.83. The van der Waals surface area contributed by atoms with Crippen molar-refractivity contribution in [3.63, 3.8) is 0 Å². The van der Waals surface area contributed by atoms with Gasteiger partial charge >= 0.3 is 0 Å². The van der Waals surface area contributed by atoms with Crippen LogP contribution >= 0.6 is 11.3 Å². The molecule has 188 valence electrons. The largest absolute Gasteiger partial charge is 0.491 e. The van der Waals surface area contributed by atoms with E-state index in [4.69, 9.17) is 4.74 Å². The van der Waals surface area contributed by atoms with Crippen molar-refractivity contribution in [2.24, 2.45) is 0 Å². The lowest BCUT2D eigenvalue weighted by Gasteiger charge is -2.37. The van der Waals surface area contributed by atoms with E-state index in [1.165, 1.54) is 22.6 Å². The van der Waals surface area contributed by atoms with Gasteiger partial charge in [-0.2, -0.15) is 0 Å². The molecule has 1 aliphatic heterocycles. The smallest absolute Gasteiger partial charge is 0.257 e. The van der Waals surface area contributed by atoms with E-state index in [-0.39, 0.29) is 30.1 Å². The van der Waals surface area contributed by atoms with Gasteiger partial charge in [-0.1, -0.05) is 38.1 Å². The molecular formula is C29H31FN2O3S. The highest BCUT2D eigenvalue weighted by Gasteiger charge is 2.38. The highest BCUT2D eigenvalue weighted by atomic mass is 32.1. The van der Waals surface area contributed by atoms with Gasteiger partial charge in [0.15, 0.2) is 0 Å². The molecule has 1 atom stereocenters. The number of rotatable bonds is 8. The fourth-order valence-electron chi connectivity index (χ4n) is 4.78. The third-order valence-electron chi connectivity index (χ3n) is 7.03. The SMILES string of the molecule is CC(C)c1ccc(OC[C@@H]2c3ccsc3CCN2C(=O)CN(C(=O)c2ccccc2F)C2CC2)cc1. The topological polar surface area (TPSA) is 49.9 Å². The second kappa shape index (κ2) is 10.4. The van der Waals surface area contributed by atoms with Crippen molar-refractivity contribution >= 4 is 23.2 Å². The second-order valence-corrected chi connectivity index (χ2v) is 10.8. The lowest BCUT2D eigenvalue weighted by molar-refractivity contribution is -0.135. The Bertz CT molecular complexity index is 1240. The Morgan fingerprint density at radius 1 is 1.11 bits per heavy atom. The van der Waals surface area contributed by atoms with E-state index in [1.807, 2.05) is 17.0 Å². The van der Waals surface area contributed by atoms with E-state index in [1.54, 1.807) is 28.4 Å². The fraction of sp³-hybridized carbons (Fsp3) is 0.379. The van der Waals surface area contributed by atoms with Crippen LogP contribution in [0.15, 0.2) is 60.0 Å². The molecule has 0 saturated heterocycles. The molecule has 1 fully saturated rings. The summed E-state index contributed by atoms with van der Waals surface area (Å²) in [4.78, 5) is 31.5. The summed E-state index contributed by atoms with van der Waals surface area (Å²) in [5, 5.41) is 2.06. The lowest BCUT2D eigenvalue weighted by atomic mass is 10.00. The zero-order valence-electron chi connectivity index (χ0n) is 20.7. The number of hydrogen-bond acceptors (Lipinski definition) is 4. The van der Waals surface area contributed by atoms with Crippen LogP contribution in [0, 0.1) is 5.82 Å². The van der Waals surface area contributed by atoms with Crippen LogP contribution in [-0.2, 0) is 11.2 Å². The van der Waals surface area contributed by atoms with Crippen molar-refractivity contribution < 1.29 is 18.7 Å². The van der Waals surface area contributed by atoms with Crippen LogP contribution in [0.5, 0.6) is 5.75 Å². The Balaban J connectivity index is 1.33. The first-order chi connectivity index (χ1) is 17.4. The Morgan fingerprint density at radius 3 is 2.56 bits per heavy atom. The Labute approximate surface area is 215 Å². The van der Waals surface area contributed by atoms with E-state index in [9.17, 15) is 14.0 Å². The number of nitrogens with zero attached hydrogens (tertiary/aromatic N) is 2. The van der Waals surface area contributed by atoms with Crippen LogP contribution in [0.25, 0.3) is 0 Å². The van der Waals surface area contributed by atoms with Gasteiger partial charge in [0.05, 0.1) is 11.6 Å². The number of hydrogen-bond donors (Lipinski definition) is 0. The predicted molar refractivity (Wildman–Crippen MR) is 139 cm³/mol. The standard InChI is InChI=1S/C29H31FN2O3S/c1-19(2)20-7-11-22(12-8-20)35-18-26-24-14-16-36-27(24)13-15-31(26)28(33)17-32(21-9-10-21)29(34)23-5-3-4-6-25(23)30/h3-8,11-12,14,16,19,21,26H,9-10,13,15,17-18H2,1-2H3/t26-/m1/s1. The number of carbonyl (C=O) groups is 2. The van der Waals surface area contributed by atoms with Crippen LogP contribution in [0.4, 0.5) is 4.39 Å². The molecule has 36 heavy (non-hydrogen) atoms. The first-order valence-electron chi connectivity index (χ1n) is 12.6. The average Bonchev–Trinajstić information content (AvgIpc) is 3.61. The van der Waals surface area contributed by atoms with Gasteiger partial charge in [-0.15, -0.1) is 11.3 Å². The molecule has 7 heteroatoms. The third-order valence-corrected chi connectivity index (χ3v) is 8.02. The summed E-state index contributed by atoms with van der Waals surface area (Å²) in [7, 11) is 0. The molecule has 1 saturated carbocycles. The molecule has 2 amide bonds. The first-order valence-corrected chi connectivity index (χ1v) is 13.4. The van der Waals surface area contributed by atoms with Crippen molar-refractivity contribution in [3.05, 3.63) is 87.4 Å². The number of amides is 2. The van der Waals surface area contributed by atoms with Crippen molar-refractivity contribution in [1.82, 2.24) is 9.80 Å². The van der Waals surface area contributed by atoms with Crippen molar-refractivity contribution in [1.29, 1.82) is 0 Å². The quantitative estimate of drug-likeness (QED) is 0.387. The van der Waals surface area contributed by atoms with Gasteiger partial charge in [0, 0.05) is 17.5 Å². The Morgan fingerprint density at radius 2 is 1.86 bits per heavy atom. The van der Waals surface area contributed by atoms with E-state index >= 15 is 0 Å². The summed E-state index contributed by atoms with van der Waals surface area (Å²) >= 11 is 1.70. The van der Waals surface area contributed by atoms with Crippen LogP contribution in [0.3, 0.4) is 0 Å². The molecular weight excluding hydrogens is 475 g/mol. The van der Waals surface area contributed by atoms with Gasteiger partial charge in [-0.05, 0) is 72.0 Å². The van der Waals surface area contributed by atoms with Gasteiger partial charge in [0.25, 0.3) is 5.91 Å². The minimum absolute atomic E-state index is 0.0145. The highest BCUT2D eigenvalue weighted by molar-refractivity contribution is 7.10. The van der Waals surface area contributed by atoms with Crippen LogP contribution in [-0.4, -0.2) is 47.4 Å².